The van der Waals surface area contributed by atoms with Gasteiger partial charge in [-0.1, -0.05) is 25.5 Å². The van der Waals surface area contributed by atoms with Crippen LogP contribution in [0.5, 0.6) is 0 Å². The normalized spacial score (nSPS) is 16.9. The van der Waals surface area contributed by atoms with Crippen LogP contribution in [0.25, 0.3) is 0 Å². The number of carbonyl (C=O) groups is 1. The molecule has 3 N–H and O–H groups in total. The Bertz CT molecular complexity index is 455. The lowest BCUT2D eigenvalue weighted by atomic mass is 10.1. The van der Waals surface area contributed by atoms with E-state index in [1.54, 1.807) is 0 Å². The molecule has 1 saturated heterocycles. The van der Waals surface area contributed by atoms with Gasteiger partial charge < -0.3 is 11.1 Å². The number of hydrogen-bond acceptors (Lipinski definition) is 3. The molecule has 1 aliphatic rings. The van der Waals surface area contributed by atoms with E-state index in [1.807, 2.05) is 12.1 Å². The second-order valence-electron chi connectivity index (χ2n) is 5.98. The molecule has 21 heavy (non-hydrogen) atoms. The molecule has 4 heteroatoms. The maximum absolute atomic E-state index is 12.0. The molecule has 2 rings (SSSR count). The van der Waals surface area contributed by atoms with E-state index >= 15 is 0 Å². The number of hydrogen-bond donors (Lipinski definition) is 2. The topological polar surface area (TPSA) is 58.4 Å². The van der Waals surface area contributed by atoms with E-state index in [0.717, 1.165) is 25.1 Å². The molecule has 0 radical (unpaired) electrons. The van der Waals surface area contributed by atoms with Gasteiger partial charge in [0.1, 0.15) is 0 Å². The van der Waals surface area contributed by atoms with Gasteiger partial charge in [-0.15, -0.1) is 0 Å². The van der Waals surface area contributed by atoms with Gasteiger partial charge in [-0.25, -0.2) is 0 Å². The van der Waals surface area contributed by atoms with Crippen molar-refractivity contribution in [3.8, 4) is 0 Å². The first-order chi connectivity index (χ1) is 10.2. The largest absolute Gasteiger partial charge is 0.327 e. The average molecular weight is 289 g/mol. The summed E-state index contributed by atoms with van der Waals surface area (Å²) in [6.45, 7) is 5.42. The Morgan fingerprint density at radius 1 is 1.38 bits per heavy atom. The number of benzene rings is 1. The maximum atomic E-state index is 12.0. The van der Waals surface area contributed by atoms with E-state index in [1.165, 1.54) is 31.5 Å². The van der Waals surface area contributed by atoms with Crippen molar-refractivity contribution in [1.29, 1.82) is 0 Å². The zero-order valence-corrected chi connectivity index (χ0v) is 13.0. The molecule has 1 aromatic rings. The minimum absolute atomic E-state index is 0.00859. The molecule has 1 aromatic carbocycles. The second-order valence-corrected chi connectivity index (χ2v) is 5.98. The van der Waals surface area contributed by atoms with Gasteiger partial charge in [0.2, 0.25) is 5.91 Å². The van der Waals surface area contributed by atoms with Crippen LogP contribution in [0.3, 0.4) is 0 Å². The number of likely N-dealkylation sites (tertiary alicyclic amines) is 1. The summed E-state index contributed by atoms with van der Waals surface area (Å²) in [5.41, 5.74) is 8.04. The molecule has 0 aromatic heterocycles. The van der Waals surface area contributed by atoms with Gasteiger partial charge in [0.15, 0.2) is 0 Å². The highest BCUT2D eigenvalue weighted by molar-refractivity contribution is 5.91. The van der Waals surface area contributed by atoms with Crippen LogP contribution in [-0.4, -0.2) is 29.9 Å². The number of nitrogens with one attached hydrogen (secondary N) is 1. The van der Waals surface area contributed by atoms with Gasteiger partial charge >= 0.3 is 0 Å². The Kier molecular flexibility index (Phi) is 6.21. The third-order valence-corrected chi connectivity index (χ3v) is 3.92. The van der Waals surface area contributed by atoms with Crippen molar-refractivity contribution in [3.63, 3.8) is 0 Å². The summed E-state index contributed by atoms with van der Waals surface area (Å²) in [7, 11) is 0. The van der Waals surface area contributed by atoms with Crippen LogP contribution in [0.15, 0.2) is 24.3 Å². The molecule has 116 valence electrons. The number of nitrogens with two attached hydrogens (primary N) is 1. The number of anilines is 1. The fourth-order valence-electron chi connectivity index (χ4n) is 2.87. The third kappa shape index (κ3) is 5.48. The lowest BCUT2D eigenvalue weighted by molar-refractivity contribution is -0.116. The van der Waals surface area contributed by atoms with Crippen molar-refractivity contribution in [2.45, 2.75) is 51.6 Å². The molecule has 1 fully saturated rings. The molecule has 1 atom stereocenters. The predicted octanol–water partition coefficient (Wildman–Crippen LogP) is 2.74. The monoisotopic (exact) mass is 289 g/mol. The fraction of sp³-hybridized carbons (Fsp3) is 0.588. The summed E-state index contributed by atoms with van der Waals surface area (Å²) in [6.07, 6.45) is 4.89. The zero-order chi connectivity index (χ0) is 15.1. The van der Waals surface area contributed by atoms with Crippen molar-refractivity contribution >= 4 is 11.6 Å². The number of nitrogens with zero attached hydrogens (tertiary/aromatic N) is 1. The molecule has 0 bridgehead atoms. The molecule has 0 spiro atoms. The van der Waals surface area contributed by atoms with Gasteiger partial charge in [-0.3, -0.25) is 9.69 Å². The van der Waals surface area contributed by atoms with E-state index < -0.39 is 0 Å². The minimum Gasteiger partial charge on any atom is -0.327 e. The molecule has 4 nitrogen and oxygen atoms in total. The SMILES string of the molecule is CCCC(N)CC(=O)Nc1cccc(CN2CCCC2)c1. The summed E-state index contributed by atoms with van der Waals surface area (Å²) in [6, 6.07) is 8.10. The number of carbonyl (C=O) groups excluding carboxylic acids is 1. The van der Waals surface area contributed by atoms with E-state index in [4.69, 9.17) is 5.73 Å². The Morgan fingerprint density at radius 3 is 2.86 bits per heavy atom. The van der Waals surface area contributed by atoms with Crippen molar-refractivity contribution in [1.82, 2.24) is 4.90 Å². The van der Waals surface area contributed by atoms with Crippen molar-refractivity contribution in [2.75, 3.05) is 18.4 Å². The smallest absolute Gasteiger partial charge is 0.225 e. The second kappa shape index (κ2) is 8.15. The van der Waals surface area contributed by atoms with Crippen LogP contribution in [-0.2, 0) is 11.3 Å². The molecular formula is C17H27N3O. The van der Waals surface area contributed by atoms with Crippen LogP contribution >= 0.6 is 0 Å². The van der Waals surface area contributed by atoms with Crippen molar-refractivity contribution in [3.05, 3.63) is 29.8 Å². The first-order valence-electron chi connectivity index (χ1n) is 8.04. The van der Waals surface area contributed by atoms with E-state index in [9.17, 15) is 4.79 Å². The van der Waals surface area contributed by atoms with Gasteiger partial charge in [0.05, 0.1) is 0 Å². The Balaban J connectivity index is 1.86. The maximum Gasteiger partial charge on any atom is 0.225 e. The standard InChI is InChI=1S/C17H27N3O/c1-2-6-15(18)12-17(21)19-16-8-5-7-14(11-16)13-20-9-3-4-10-20/h5,7-8,11,15H,2-4,6,9-10,12-13,18H2,1H3,(H,19,21). The van der Waals surface area contributed by atoms with E-state index in [-0.39, 0.29) is 11.9 Å². The Labute approximate surface area is 127 Å². The minimum atomic E-state index is -0.0391. The van der Waals surface area contributed by atoms with Crippen LogP contribution in [0.4, 0.5) is 5.69 Å². The van der Waals surface area contributed by atoms with Gasteiger partial charge in [-0.2, -0.15) is 0 Å². The zero-order valence-electron chi connectivity index (χ0n) is 13.0. The predicted molar refractivity (Wildman–Crippen MR) is 87.1 cm³/mol. The Hall–Kier alpha value is -1.39. The third-order valence-electron chi connectivity index (χ3n) is 3.92. The Morgan fingerprint density at radius 2 is 2.14 bits per heavy atom. The summed E-state index contributed by atoms with van der Waals surface area (Å²) in [4.78, 5) is 14.4. The van der Waals surface area contributed by atoms with Gasteiger partial charge in [-0.05, 0) is 50.0 Å². The summed E-state index contributed by atoms with van der Waals surface area (Å²) in [5, 5.41) is 2.96. The van der Waals surface area contributed by atoms with Crippen molar-refractivity contribution < 1.29 is 4.79 Å². The molecule has 1 unspecified atom stereocenters. The average Bonchev–Trinajstić information content (AvgIpc) is 2.92. The first kappa shape index (κ1) is 16.0. The van der Waals surface area contributed by atoms with Gasteiger partial charge in [0.25, 0.3) is 0 Å². The molecular weight excluding hydrogens is 262 g/mol. The van der Waals surface area contributed by atoms with Crippen LogP contribution in [0, 0.1) is 0 Å². The molecule has 1 heterocycles. The lowest BCUT2D eigenvalue weighted by Gasteiger charge is -2.15. The summed E-state index contributed by atoms with van der Waals surface area (Å²) >= 11 is 0. The quantitative estimate of drug-likeness (QED) is 0.811. The number of rotatable bonds is 7. The fourth-order valence-corrected chi connectivity index (χ4v) is 2.87. The van der Waals surface area contributed by atoms with E-state index in [0.29, 0.717) is 6.42 Å². The highest BCUT2D eigenvalue weighted by Crippen LogP contribution is 2.16. The van der Waals surface area contributed by atoms with Crippen LogP contribution in [0.2, 0.25) is 0 Å². The lowest BCUT2D eigenvalue weighted by Crippen LogP contribution is -2.26. The summed E-state index contributed by atoms with van der Waals surface area (Å²) < 4.78 is 0. The molecule has 0 aliphatic carbocycles. The molecule has 1 amide bonds. The van der Waals surface area contributed by atoms with Gasteiger partial charge in [0, 0.05) is 24.7 Å². The van der Waals surface area contributed by atoms with Crippen molar-refractivity contribution in [2.24, 2.45) is 5.73 Å². The first-order valence-corrected chi connectivity index (χ1v) is 8.04. The highest BCUT2D eigenvalue weighted by atomic mass is 16.1. The summed E-state index contributed by atoms with van der Waals surface area (Å²) in [5.74, 6) is 0.00859. The molecule has 1 aliphatic heterocycles. The van der Waals surface area contributed by atoms with E-state index in [2.05, 4.69) is 29.3 Å². The van der Waals surface area contributed by atoms with Crippen LogP contribution < -0.4 is 11.1 Å². The number of amides is 1. The molecule has 0 saturated carbocycles. The van der Waals surface area contributed by atoms with Crippen LogP contribution in [0.1, 0.15) is 44.6 Å². The highest BCUT2D eigenvalue weighted by Gasteiger charge is 2.12.